The molecule has 0 N–H and O–H groups in total. The molecule has 2 aromatic carbocycles. The van der Waals surface area contributed by atoms with Gasteiger partial charge in [0.25, 0.3) is 0 Å². The van der Waals surface area contributed by atoms with Crippen molar-refractivity contribution in [2.45, 2.75) is 19.2 Å². The van der Waals surface area contributed by atoms with E-state index >= 15 is 0 Å². The van der Waals surface area contributed by atoms with E-state index in [1.165, 1.54) is 38.1 Å². The minimum Gasteiger partial charge on any atom is -0.405 e. The zero-order chi connectivity index (χ0) is 20.7. The molecule has 3 aromatic rings. The third-order valence-electron chi connectivity index (χ3n) is 5.78. The highest BCUT2D eigenvalue weighted by Gasteiger charge is 2.33. The summed E-state index contributed by atoms with van der Waals surface area (Å²) >= 11 is 0. The molecule has 0 bridgehead atoms. The Bertz CT molecular complexity index is 1040. The molecule has 6 nitrogen and oxygen atoms in total. The molecule has 2 fully saturated rings. The van der Waals surface area contributed by atoms with E-state index in [4.69, 9.17) is 4.63 Å². The maximum absolute atomic E-state index is 12.9. The second-order valence-corrected chi connectivity index (χ2v) is 7.95. The molecule has 158 valence electrons. The fraction of sp³-hybridized carbons (Fsp3) is 0.429. The number of likely N-dealkylation sites (tertiary alicyclic amines) is 1. The number of para-hydroxylation sites is 1. The highest BCUT2D eigenvalue weighted by Crippen LogP contribution is 2.39. The van der Waals surface area contributed by atoms with Crippen LogP contribution in [0.4, 0.5) is 18.9 Å². The SMILES string of the molecule is FC(F)(F)Oc1ccccc1-c1cc(N2CC(CN3CCCC3)C2)c2nonc2c1. The van der Waals surface area contributed by atoms with Crippen LogP contribution in [-0.2, 0) is 0 Å². The van der Waals surface area contributed by atoms with E-state index in [-0.39, 0.29) is 5.75 Å². The third-order valence-corrected chi connectivity index (χ3v) is 5.78. The summed E-state index contributed by atoms with van der Waals surface area (Å²) in [5.74, 6) is 0.324. The molecule has 9 heteroatoms. The molecule has 0 saturated carbocycles. The van der Waals surface area contributed by atoms with Gasteiger partial charge in [-0.3, -0.25) is 0 Å². The van der Waals surface area contributed by atoms with Crippen molar-refractivity contribution in [2.24, 2.45) is 5.92 Å². The Hall–Kier alpha value is -2.81. The molecule has 2 aliphatic rings. The normalized spacial score (nSPS) is 18.2. The molecule has 0 atom stereocenters. The standard InChI is InChI=1S/C21H21F3N4O2/c22-21(23,24)29-19-6-2-1-5-16(19)15-9-17-20(26-30-25-17)18(10-15)28-12-14(13-28)11-27-7-3-4-8-27/h1-2,5-6,9-10,14H,3-4,7-8,11-13H2. The number of halogens is 3. The van der Waals surface area contributed by atoms with Crippen molar-refractivity contribution in [2.75, 3.05) is 37.6 Å². The number of rotatable bonds is 5. The Labute approximate surface area is 171 Å². The maximum atomic E-state index is 12.9. The van der Waals surface area contributed by atoms with Gasteiger partial charge in [0.1, 0.15) is 11.3 Å². The van der Waals surface area contributed by atoms with Gasteiger partial charge in [0.05, 0.1) is 5.69 Å². The van der Waals surface area contributed by atoms with Gasteiger partial charge in [-0.25, -0.2) is 4.63 Å². The monoisotopic (exact) mass is 418 g/mol. The molecule has 30 heavy (non-hydrogen) atoms. The summed E-state index contributed by atoms with van der Waals surface area (Å²) in [7, 11) is 0. The van der Waals surface area contributed by atoms with Gasteiger partial charge in [-0.1, -0.05) is 18.2 Å². The van der Waals surface area contributed by atoms with Crippen LogP contribution in [0.25, 0.3) is 22.2 Å². The van der Waals surface area contributed by atoms with Crippen molar-refractivity contribution < 1.29 is 22.5 Å². The molecule has 0 amide bonds. The number of hydrogen-bond acceptors (Lipinski definition) is 6. The van der Waals surface area contributed by atoms with E-state index in [2.05, 4.69) is 24.9 Å². The Balaban J connectivity index is 1.44. The van der Waals surface area contributed by atoms with E-state index in [0.717, 1.165) is 25.3 Å². The van der Waals surface area contributed by atoms with Crippen molar-refractivity contribution in [3.05, 3.63) is 36.4 Å². The first-order valence-electron chi connectivity index (χ1n) is 10.0. The third kappa shape index (κ3) is 3.81. The molecular weight excluding hydrogens is 397 g/mol. The molecule has 0 aliphatic carbocycles. The van der Waals surface area contributed by atoms with Gasteiger partial charge in [-0.05, 0) is 60.0 Å². The highest BCUT2D eigenvalue weighted by molar-refractivity contribution is 5.93. The number of benzene rings is 2. The van der Waals surface area contributed by atoms with E-state index in [1.807, 2.05) is 6.07 Å². The van der Waals surface area contributed by atoms with E-state index in [9.17, 15) is 13.2 Å². The first kappa shape index (κ1) is 19.2. The minimum atomic E-state index is -4.77. The van der Waals surface area contributed by atoms with Crippen LogP contribution in [0.3, 0.4) is 0 Å². The summed E-state index contributed by atoms with van der Waals surface area (Å²) in [4.78, 5) is 4.68. The number of hydrogen-bond donors (Lipinski definition) is 0. The zero-order valence-corrected chi connectivity index (χ0v) is 16.2. The highest BCUT2D eigenvalue weighted by atomic mass is 19.4. The van der Waals surface area contributed by atoms with Crippen LogP contribution in [0.15, 0.2) is 41.0 Å². The van der Waals surface area contributed by atoms with Crippen molar-refractivity contribution >= 4 is 16.7 Å². The van der Waals surface area contributed by atoms with Crippen LogP contribution in [0, 0.1) is 5.92 Å². The van der Waals surface area contributed by atoms with Crippen LogP contribution in [0.1, 0.15) is 12.8 Å². The van der Waals surface area contributed by atoms with Crippen molar-refractivity contribution in [1.29, 1.82) is 0 Å². The minimum absolute atomic E-state index is 0.248. The van der Waals surface area contributed by atoms with Gasteiger partial charge < -0.3 is 14.5 Å². The Morgan fingerprint density at radius 2 is 1.83 bits per heavy atom. The van der Waals surface area contributed by atoms with Crippen LogP contribution in [-0.4, -0.2) is 54.3 Å². The summed E-state index contributed by atoms with van der Waals surface area (Å²) < 4.78 is 47.7. The molecule has 2 aliphatic heterocycles. The summed E-state index contributed by atoms with van der Waals surface area (Å²) in [6.07, 6.45) is -2.23. The van der Waals surface area contributed by atoms with Crippen molar-refractivity contribution in [1.82, 2.24) is 15.2 Å². The second-order valence-electron chi connectivity index (χ2n) is 7.95. The van der Waals surface area contributed by atoms with Crippen LogP contribution in [0.5, 0.6) is 5.75 Å². The topological polar surface area (TPSA) is 54.6 Å². The smallest absolute Gasteiger partial charge is 0.405 e. The quantitative estimate of drug-likeness (QED) is 0.615. The lowest BCUT2D eigenvalue weighted by atomic mass is 9.96. The van der Waals surface area contributed by atoms with Gasteiger partial charge in [-0.2, -0.15) is 0 Å². The lowest BCUT2D eigenvalue weighted by Gasteiger charge is -2.42. The van der Waals surface area contributed by atoms with Gasteiger partial charge in [0.2, 0.25) is 0 Å². The average Bonchev–Trinajstić information content (AvgIpc) is 3.34. The number of alkyl halides is 3. The molecule has 2 saturated heterocycles. The average molecular weight is 418 g/mol. The summed E-state index contributed by atoms with van der Waals surface area (Å²) in [6.45, 7) is 5.17. The number of aromatic nitrogens is 2. The molecule has 0 unspecified atom stereocenters. The lowest BCUT2D eigenvalue weighted by Crippen LogP contribution is -2.51. The summed E-state index contributed by atoms with van der Waals surface area (Å²) in [6, 6.07) is 9.63. The van der Waals surface area contributed by atoms with Gasteiger partial charge in [-0.15, -0.1) is 13.2 Å². The number of ether oxygens (including phenoxy) is 1. The predicted octanol–water partition coefficient (Wildman–Crippen LogP) is 4.32. The largest absolute Gasteiger partial charge is 0.573 e. The Morgan fingerprint density at radius 1 is 1.07 bits per heavy atom. The zero-order valence-electron chi connectivity index (χ0n) is 16.2. The number of fused-ring (bicyclic) bond motifs is 1. The lowest BCUT2D eigenvalue weighted by molar-refractivity contribution is -0.274. The number of anilines is 1. The predicted molar refractivity (Wildman–Crippen MR) is 105 cm³/mol. The molecule has 0 spiro atoms. The second kappa shape index (κ2) is 7.46. The fourth-order valence-corrected chi connectivity index (χ4v) is 4.40. The van der Waals surface area contributed by atoms with E-state index in [1.54, 1.807) is 18.2 Å². The van der Waals surface area contributed by atoms with Crippen molar-refractivity contribution in [3.8, 4) is 16.9 Å². The van der Waals surface area contributed by atoms with Crippen LogP contribution in [0.2, 0.25) is 0 Å². The Kier molecular flexibility index (Phi) is 4.77. The molecule has 3 heterocycles. The fourth-order valence-electron chi connectivity index (χ4n) is 4.40. The first-order chi connectivity index (χ1) is 14.5. The molecular formula is C21H21F3N4O2. The number of nitrogens with zero attached hydrogens (tertiary/aromatic N) is 4. The van der Waals surface area contributed by atoms with E-state index < -0.39 is 6.36 Å². The van der Waals surface area contributed by atoms with E-state index in [0.29, 0.717) is 28.1 Å². The molecule has 0 radical (unpaired) electrons. The van der Waals surface area contributed by atoms with Crippen LogP contribution >= 0.6 is 0 Å². The summed E-state index contributed by atoms with van der Waals surface area (Å²) in [5, 5.41) is 7.95. The molecule has 1 aromatic heterocycles. The van der Waals surface area contributed by atoms with Gasteiger partial charge >= 0.3 is 6.36 Å². The maximum Gasteiger partial charge on any atom is 0.573 e. The van der Waals surface area contributed by atoms with Gasteiger partial charge in [0.15, 0.2) is 5.52 Å². The first-order valence-corrected chi connectivity index (χ1v) is 10.0. The summed E-state index contributed by atoms with van der Waals surface area (Å²) in [5.41, 5.74) is 2.87. The van der Waals surface area contributed by atoms with Gasteiger partial charge in [0, 0.05) is 31.1 Å². The van der Waals surface area contributed by atoms with Crippen molar-refractivity contribution in [3.63, 3.8) is 0 Å². The van der Waals surface area contributed by atoms with Crippen LogP contribution < -0.4 is 9.64 Å². The molecule has 5 rings (SSSR count). The Morgan fingerprint density at radius 3 is 2.60 bits per heavy atom.